The molecule has 0 bridgehead atoms. The van der Waals surface area contributed by atoms with Gasteiger partial charge in [-0.25, -0.2) is 4.98 Å². The molecule has 2 aromatic rings. The topological polar surface area (TPSA) is 77.7 Å². The molecule has 0 aromatic carbocycles. The summed E-state index contributed by atoms with van der Waals surface area (Å²) in [5, 5.41) is 0. The Morgan fingerprint density at radius 1 is 1.27 bits per heavy atom. The van der Waals surface area contributed by atoms with Gasteiger partial charge >= 0.3 is 0 Å². The van der Waals surface area contributed by atoms with Gasteiger partial charge in [0.2, 0.25) is 5.76 Å². The van der Waals surface area contributed by atoms with Crippen LogP contribution in [0.1, 0.15) is 29.8 Å². The number of aromatic nitrogens is 2. The van der Waals surface area contributed by atoms with E-state index in [-0.39, 0.29) is 5.91 Å². The molecule has 0 saturated heterocycles. The number of carbonyl (C=O) groups is 1. The average Bonchev–Trinajstić information content (AvgIpc) is 3.09. The van der Waals surface area contributed by atoms with Gasteiger partial charge in [-0.05, 0) is 25.0 Å². The second-order valence-electron chi connectivity index (χ2n) is 6.40. The highest BCUT2D eigenvalue weighted by molar-refractivity contribution is 5.92. The summed E-state index contributed by atoms with van der Waals surface area (Å²) in [4.78, 5) is 23.1. The van der Waals surface area contributed by atoms with Crippen LogP contribution in [0.15, 0.2) is 40.5 Å². The predicted molar refractivity (Wildman–Crippen MR) is 91.9 cm³/mol. The van der Waals surface area contributed by atoms with Gasteiger partial charge in [-0.1, -0.05) is 6.07 Å². The van der Waals surface area contributed by atoms with E-state index in [0.29, 0.717) is 56.6 Å². The SMILES string of the molecule is CC1=C(C(=O)N2CCc3oc(CCc4cccnc4)nc3C2)OCCO1. The minimum Gasteiger partial charge on any atom is -0.491 e. The van der Waals surface area contributed by atoms with Gasteiger partial charge in [0.05, 0.1) is 6.54 Å². The Bertz CT molecular complexity index is 829. The largest absolute Gasteiger partial charge is 0.491 e. The van der Waals surface area contributed by atoms with Crippen molar-refractivity contribution in [2.75, 3.05) is 19.8 Å². The van der Waals surface area contributed by atoms with Gasteiger partial charge in [0.15, 0.2) is 5.89 Å². The molecule has 2 aliphatic rings. The van der Waals surface area contributed by atoms with Crippen molar-refractivity contribution in [2.24, 2.45) is 0 Å². The van der Waals surface area contributed by atoms with E-state index < -0.39 is 0 Å². The minimum atomic E-state index is -0.146. The summed E-state index contributed by atoms with van der Waals surface area (Å²) < 4.78 is 16.8. The second kappa shape index (κ2) is 7.19. The summed E-state index contributed by atoms with van der Waals surface area (Å²) in [6.45, 7) is 3.67. The number of oxazole rings is 1. The lowest BCUT2D eigenvalue weighted by Crippen LogP contribution is -2.38. The molecule has 0 fully saturated rings. The first-order chi connectivity index (χ1) is 12.7. The van der Waals surface area contributed by atoms with Gasteiger partial charge in [-0.2, -0.15) is 0 Å². The Morgan fingerprint density at radius 3 is 2.96 bits per heavy atom. The van der Waals surface area contributed by atoms with Crippen molar-refractivity contribution in [3.05, 3.63) is 59.0 Å². The normalized spacial score (nSPS) is 16.7. The number of fused-ring (bicyclic) bond motifs is 1. The van der Waals surface area contributed by atoms with E-state index in [2.05, 4.69) is 9.97 Å². The zero-order valence-corrected chi connectivity index (χ0v) is 14.7. The van der Waals surface area contributed by atoms with Crippen LogP contribution in [-0.2, 0) is 40.1 Å². The van der Waals surface area contributed by atoms with E-state index in [1.807, 2.05) is 18.3 Å². The lowest BCUT2D eigenvalue weighted by atomic mass is 10.1. The Kier molecular flexibility index (Phi) is 4.60. The molecule has 7 heteroatoms. The maximum absolute atomic E-state index is 12.7. The van der Waals surface area contributed by atoms with Crippen molar-refractivity contribution in [1.29, 1.82) is 0 Å². The molecule has 26 heavy (non-hydrogen) atoms. The van der Waals surface area contributed by atoms with Crippen LogP contribution in [0.25, 0.3) is 0 Å². The maximum Gasteiger partial charge on any atom is 0.292 e. The molecule has 4 heterocycles. The molecule has 2 aliphatic heterocycles. The zero-order chi connectivity index (χ0) is 17.9. The summed E-state index contributed by atoms with van der Waals surface area (Å²) >= 11 is 0. The zero-order valence-electron chi connectivity index (χ0n) is 14.7. The predicted octanol–water partition coefficient (Wildman–Crippen LogP) is 2.02. The molecule has 0 unspecified atom stereocenters. The van der Waals surface area contributed by atoms with Crippen LogP contribution < -0.4 is 0 Å². The lowest BCUT2D eigenvalue weighted by Gasteiger charge is -2.28. The van der Waals surface area contributed by atoms with E-state index >= 15 is 0 Å². The summed E-state index contributed by atoms with van der Waals surface area (Å²) in [6.07, 6.45) is 5.82. The summed E-state index contributed by atoms with van der Waals surface area (Å²) in [7, 11) is 0. The number of aryl methyl sites for hydroxylation is 2. The van der Waals surface area contributed by atoms with Gasteiger partial charge in [0.25, 0.3) is 5.91 Å². The van der Waals surface area contributed by atoms with Crippen molar-refractivity contribution >= 4 is 5.91 Å². The van der Waals surface area contributed by atoms with E-state index in [1.165, 1.54) is 0 Å². The molecule has 0 saturated carbocycles. The second-order valence-corrected chi connectivity index (χ2v) is 6.40. The van der Waals surface area contributed by atoms with Crippen LogP contribution in [-0.4, -0.2) is 40.5 Å². The minimum absolute atomic E-state index is 0.146. The van der Waals surface area contributed by atoms with Crippen molar-refractivity contribution in [3.8, 4) is 0 Å². The Balaban J connectivity index is 1.42. The summed E-state index contributed by atoms with van der Waals surface area (Å²) in [6, 6.07) is 3.96. The Labute approximate surface area is 151 Å². The third-order valence-electron chi connectivity index (χ3n) is 4.57. The number of hydrogen-bond acceptors (Lipinski definition) is 6. The highest BCUT2D eigenvalue weighted by Gasteiger charge is 2.30. The van der Waals surface area contributed by atoms with Crippen molar-refractivity contribution in [1.82, 2.24) is 14.9 Å². The molecule has 0 N–H and O–H groups in total. The highest BCUT2D eigenvalue weighted by Crippen LogP contribution is 2.24. The van der Waals surface area contributed by atoms with Crippen LogP contribution in [0.2, 0.25) is 0 Å². The van der Waals surface area contributed by atoms with E-state index in [0.717, 1.165) is 23.4 Å². The lowest BCUT2D eigenvalue weighted by molar-refractivity contribution is -0.133. The van der Waals surface area contributed by atoms with Crippen LogP contribution in [0, 0.1) is 0 Å². The standard InChI is InChI=1S/C19H21N3O4/c1-13-18(25-10-9-24-13)19(23)22-8-6-16-15(12-22)21-17(26-16)5-4-14-3-2-7-20-11-14/h2-3,7,11H,4-6,8-10,12H2,1H3. The fourth-order valence-corrected chi connectivity index (χ4v) is 3.19. The van der Waals surface area contributed by atoms with Gasteiger partial charge in [-0.15, -0.1) is 0 Å². The molecular formula is C19H21N3O4. The van der Waals surface area contributed by atoms with Crippen molar-refractivity contribution in [2.45, 2.75) is 32.7 Å². The molecule has 136 valence electrons. The fourth-order valence-electron chi connectivity index (χ4n) is 3.19. The van der Waals surface area contributed by atoms with Crippen LogP contribution in [0.3, 0.4) is 0 Å². The first-order valence-electron chi connectivity index (χ1n) is 8.83. The first kappa shape index (κ1) is 16.6. The van der Waals surface area contributed by atoms with E-state index in [1.54, 1.807) is 18.0 Å². The molecule has 0 radical (unpaired) electrons. The third kappa shape index (κ3) is 3.42. The smallest absolute Gasteiger partial charge is 0.292 e. The van der Waals surface area contributed by atoms with Crippen molar-refractivity contribution in [3.63, 3.8) is 0 Å². The van der Waals surface area contributed by atoms with Gasteiger partial charge < -0.3 is 18.8 Å². The monoisotopic (exact) mass is 355 g/mol. The molecule has 0 aliphatic carbocycles. The van der Waals surface area contributed by atoms with Crippen LogP contribution >= 0.6 is 0 Å². The fraction of sp³-hybridized carbons (Fsp3) is 0.421. The summed E-state index contributed by atoms with van der Waals surface area (Å²) in [5.41, 5.74) is 1.98. The first-order valence-corrected chi connectivity index (χ1v) is 8.83. The van der Waals surface area contributed by atoms with Crippen molar-refractivity contribution < 1.29 is 18.7 Å². The molecule has 0 atom stereocenters. The average molecular weight is 355 g/mol. The maximum atomic E-state index is 12.7. The van der Waals surface area contributed by atoms with Gasteiger partial charge in [-0.3, -0.25) is 9.78 Å². The van der Waals surface area contributed by atoms with E-state index in [9.17, 15) is 4.79 Å². The van der Waals surface area contributed by atoms with Gasteiger partial charge in [0.1, 0.15) is 30.4 Å². The number of rotatable bonds is 4. The van der Waals surface area contributed by atoms with E-state index in [4.69, 9.17) is 13.9 Å². The molecule has 0 spiro atoms. The molecule has 1 amide bonds. The highest BCUT2D eigenvalue weighted by atomic mass is 16.6. The number of allylic oxidation sites excluding steroid dienone is 1. The number of pyridine rings is 1. The molecule has 4 rings (SSSR count). The molecular weight excluding hydrogens is 334 g/mol. The number of nitrogens with zero attached hydrogens (tertiary/aromatic N) is 3. The summed E-state index contributed by atoms with van der Waals surface area (Å²) in [5.74, 6) is 2.29. The third-order valence-corrected chi connectivity index (χ3v) is 4.57. The number of amides is 1. The van der Waals surface area contributed by atoms with Gasteiger partial charge in [0, 0.05) is 31.8 Å². The number of hydrogen-bond donors (Lipinski definition) is 0. The Hall–Kier alpha value is -2.83. The molecule has 7 nitrogen and oxygen atoms in total. The Morgan fingerprint density at radius 2 is 2.15 bits per heavy atom. The molecule has 2 aromatic heterocycles. The number of carbonyl (C=O) groups excluding carboxylic acids is 1. The van der Waals surface area contributed by atoms with Crippen LogP contribution in [0.5, 0.6) is 0 Å². The van der Waals surface area contributed by atoms with Crippen LogP contribution in [0.4, 0.5) is 0 Å². The quantitative estimate of drug-likeness (QED) is 0.835. The number of ether oxygens (including phenoxy) is 2.